The van der Waals surface area contributed by atoms with Crippen LogP contribution in [0, 0.1) is 0 Å². The summed E-state index contributed by atoms with van der Waals surface area (Å²) in [5.41, 5.74) is 2.69. The van der Waals surface area contributed by atoms with E-state index in [0.717, 1.165) is 22.4 Å². The minimum absolute atomic E-state index is 0.269. The summed E-state index contributed by atoms with van der Waals surface area (Å²) >= 11 is 0. The SMILES string of the molecule is CC(C(=O)Nc1ccc(-c2cccnc2)cn1)N1CCCC2=C1C(=O)N(C)C2=O. The summed E-state index contributed by atoms with van der Waals surface area (Å²) in [5.74, 6) is -0.472. The predicted molar refractivity (Wildman–Crippen MR) is 106 cm³/mol. The molecule has 8 heteroatoms. The molecule has 0 saturated heterocycles. The van der Waals surface area contributed by atoms with Gasteiger partial charge in [-0.05, 0) is 38.0 Å². The molecular formula is C21H21N5O3. The number of nitrogens with zero attached hydrogens (tertiary/aromatic N) is 4. The topological polar surface area (TPSA) is 95.5 Å². The molecule has 1 atom stereocenters. The monoisotopic (exact) mass is 391 g/mol. The van der Waals surface area contributed by atoms with Crippen molar-refractivity contribution in [3.05, 3.63) is 54.1 Å². The van der Waals surface area contributed by atoms with Crippen LogP contribution in [0.2, 0.25) is 0 Å². The van der Waals surface area contributed by atoms with Gasteiger partial charge in [-0.15, -0.1) is 0 Å². The van der Waals surface area contributed by atoms with Crippen LogP contribution in [0.3, 0.4) is 0 Å². The Labute approximate surface area is 168 Å². The molecule has 2 aliphatic rings. The number of nitrogens with one attached hydrogen (secondary N) is 1. The lowest BCUT2D eigenvalue weighted by Gasteiger charge is -2.33. The van der Waals surface area contributed by atoms with E-state index in [-0.39, 0.29) is 17.7 Å². The highest BCUT2D eigenvalue weighted by atomic mass is 16.2. The zero-order valence-corrected chi connectivity index (χ0v) is 16.3. The average molecular weight is 391 g/mol. The van der Waals surface area contributed by atoms with E-state index in [0.29, 0.717) is 30.1 Å². The van der Waals surface area contributed by atoms with E-state index in [2.05, 4.69) is 15.3 Å². The molecular weight excluding hydrogens is 370 g/mol. The maximum absolute atomic E-state index is 12.8. The lowest BCUT2D eigenvalue weighted by atomic mass is 10.0. The zero-order valence-electron chi connectivity index (χ0n) is 16.3. The van der Waals surface area contributed by atoms with Gasteiger partial charge in [-0.3, -0.25) is 24.3 Å². The molecule has 0 aliphatic carbocycles. The second-order valence-corrected chi connectivity index (χ2v) is 7.13. The molecule has 29 heavy (non-hydrogen) atoms. The Morgan fingerprint density at radius 1 is 1.14 bits per heavy atom. The third-order valence-corrected chi connectivity index (χ3v) is 5.33. The molecule has 0 radical (unpaired) electrons. The van der Waals surface area contributed by atoms with Gasteiger partial charge in [-0.2, -0.15) is 0 Å². The number of carbonyl (C=O) groups is 3. The van der Waals surface area contributed by atoms with Gasteiger partial charge in [0.2, 0.25) is 5.91 Å². The lowest BCUT2D eigenvalue weighted by Crippen LogP contribution is -2.45. The van der Waals surface area contributed by atoms with Crippen molar-refractivity contribution < 1.29 is 14.4 Å². The summed E-state index contributed by atoms with van der Waals surface area (Å²) in [6, 6.07) is 6.76. The number of rotatable bonds is 4. The fourth-order valence-electron chi connectivity index (χ4n) is 3.67. The number of hydrogen-bond acceptors (Lipinski definition) is 6. The standard InChI is InChI=1S/C21H21N5O3/c1-13(26-10-4-6-16-18(26)21(29)25(2)20(16)28)19(27)24-17-8-7-15(12-23-17)14-5-3-9-22-11-14/h3,5,7-9,11-13H,4,6,10H2,1-2H3,(H,23,24,27). The van der Waals surface area contributed by atoms with E-state index >= 15 is 0 Å². The number of anilines is 1. The Bertz CT molecular complexity index is 1000. The fourth-order valence-corrected chi connectivity index (χ4v) is 3.67. The Kier molecular flexibility index (Phi) is 4.84. The van der Waals surface area contributed by atoms with Gasteiger partial charge < -0.3 is 10.2 Å². The highest BCUT2D eigenvalue weighted by Crippen LogP contribution is 2.32. The molecule has 8 nitrogen and oxygen atoms in total. The molecule has 2 aromatic rings. The largest absolute Gasteiger partial charge is 0.355 e. The summed E-state index contributed by atoms with van der Waals surface area (Å²) in [5, 5.41) is 2.80. The Balaban J connectivity index is 1.49. The molecule has 0 aromatic carbocycles. The highest BCUT2D eigenvalue weighted by Gasteiger charge is 2.42. The van der Waals surface area contributed by atoms with Gasteiger partial charge in [0.05, 0.1) is 0 Å². The lowest BCUT2D eigenvalue weighted by molar-refractivity contribution is -0.136. The third kappa shape index (κ3) is 3.37. The second-order valence-electron chi connectivity index (χ2n) is 7.13. The van der Waals surface area contributed by atoms with E-state index in [1.165, 1.54) is 7.05 Å². The van der Waals surface area contributed by atoms with E-state index in [9.17, 15) is 14.4 Å². The molecule has 0 fully saturated rings. The number of amides is 3. The summed E-state index contributed by atoms with van der Waals surface area (Å²) in [6.45, 7) is 2.28. The maximum atomic E-state index is 12.8. The van der Waals surface area contributed by atoms with Crippen molar-refractivity contribution in [1.82, 2.24) is 19.8 Å². The average Bonchev–Trinajstić information content (AvgIpc) is 2.98. The smallest absolute Gasteiger partial charge is 0.277 e. The van der Waals surface area contributed by atoms with Crippen LogP contribution < -0.4 is 5.32 Å². The number of likely N-dealkylation sites (N-methyl/N-ethyl adjacent to an activating group) is 1. The molecule has 3 amide bonds. The molecule has 0 saturated carbocycles. The number of pyridine rings is 2. The highest BCUT2D eigenvalue weighted by molar-refractivity contribution is 6.19. The van der Waals surface area contributed by atoms with Gasteiger partial charge >= 0.3 is 0 Å². The first-order valence-corrected chi connectivity index (χ1v) is 9.47. The molecule has 0 spiro atoms. The summed E-state index contributed by atoms with van der Waals surface area (Å²) in [4.78, 5) is 48.7. The molecule has 4 heterocycles. The Morgan fingerprint density at radius 3 is 2.62 bits per heavy atom. The normalized spacial score (nSPS) is 17.4. The van der Waals surface area contributed by atoms with Gasteiger partial charge in [-0.25, -0.2) is 4.98 Å². The molecule has 1 unspecified atom stereocenters. The van der Waals surface area contributed by atoms with Gasteiger partial charge in [-0.1, -0.05) is 6.07 Å². The summed E-state index contributed by atoms with van der Waals surface area (Å²) in [6.07, 6.45) is 6.41. The van der Waals surface area contributed by atoms with E-state index < -0.39 is 6.04 Å². The molecule has 0 bridgehead atoms. The van der Waals surface area contributed by atoms with Gasteiger partial charge in [0.1, 0.15) is 17.6 Å². The molecule has 1 N–H and O–H groups in total. The van der Waals surface area contributed by atoms with Crippen LogP contribution in [0.1, 0.15) is 19.8 Å². The minimum atomic E-state index is -0.608. The van der Waals surface area contributed by atoms with Gasteiger partial charge in [0.15, 0.2) is 0 Å². The van der Waals surface area contributed by atoms with Crippen LogP contribution in [0.15, 0.2) is 54.1 Å². The number of carbonyl (C=O) groups excluding carboxylic acids is 3. The fraction of sp³-hybridized carbons (Fsp3) is 0.286. The van der Waals surface area contributed by atoms with Crippen LogP contribution >= 0.6 is 0 Å². The first kappa shape index (κ1) is 18.8. The van der Waals surface area contributed by atoms with Crippen molar-refractivity contribution in [2.24, 2.45) is 0 Å². The van der Waals surface area contributed by atoms with E-state index in [1.807, 2.05) is 18.2 Å². The van der Waals surface area contributed by atoms with Crippen LogP contribution in [0.5, 0.6) is 0 Å². The van der Waals surface area contributed by atoms with Crippen LogP contribution in [-0.4, -0.2) is 57.1 Å². The minimum Gasteiger partial charge on any atom is -0.355 e. The van der Waals surface area contributed by atoms with Crippen molar-refractivity contribution in [1.29, 1.82) is 0 Å². The first-order valence-electron chi connectivity index (χ1n) is 9.47. The Morgan fingerprint density at radius 2 is 1.93 bits per heavy atom. The molecule has 148 valence electrons. The summed E-state index contributed by atoms with van der Waals surface area (Å²) < 4.78 is 0. The quantitative estimate of drug-likeness (QED) is 0.799. The first-order chi connectivity index (χ1) is 14.0. The van der Waals surface area contributed by atoms with Crippen molar-refractivity contribution in [2.45, 2.75) is 25.8 Å². The summed E-state index contributed by atoms with van der Waals surface area (Å²) in [7, 11) is 1.47. The number of aromatic nitrogens is 2. The third-order valence-electron chi connectivity index (χ3n) is 5.33. The Hall–Kier alpha value is -3.55. The molecule has 2 aliphatic heterocycles. The van der Waals surface area contributed by atoms with Gasteiger partial charge in [0, 0.05) is 48.9 Å². The maximum Gasteiger partial charge on any atom is 0.277 e. The second kappa shape index (κ2) is 7.46. The number of hydrogen-bond donors (Lipinski definition) is 1. The number of imide groups is 1. The van der Waals surface area contributed by atoms with Crippen molar-refractivity contribution >= 4 is 23.5 Å². The zero-order chi connectivity index (χ0) is 20.5. The predicted octanol–water partition coefficient (Wildman–Crippen LogP) is 1.82. The molecule has 2 aromatic heterocycles. The van der Waals surface area contributed by atoms with E-state index in [1.54, 1.807) is 36.5 Å². The van der Waals surface area contributed by atoms with Crippen LogP contribution in [0.4, 0.5) is 5.82 Å². The van der Waals surface area contributed by atoms with E-state index in [4.69, 9.17) is 0 Å². The van der Waals surface area contributed by atoms with Gasteiger partial charge in [0.25, 0.3) is 11.8 Å². The molecule has 4 rings (SSSR count). The van der Waals surface area contributed by atoms with Crippen molar-refractivity contribution in [2.75, 3.05) is 18.9 Å². The van der Waals surface area contributed by atoms with Crippen LogP contribution in [-0.2, 0) is 14.4 Å². The van der Waals surface area contributed by atoms with Crippen LogP contribution in [0.25, 0.3) is 11.1 Å². The van der Waals surface area contributed by atoms with Crippen molar-refractivity contribution in [3.63, 3.8) is 0 Å². The van der Waals surface area contributed by atoms with Crippen molar-refractivity contribution in [3.8, 4) is 11.1 Å².